The van der Waals surface area contributed by atoms with Crippen LogP contribution in [0.4, 0.5) is 0 Å². The van der Waals surface area contributed by atoms with Crippen molar-refractivity contribution in [2.24, 2.45) is 0 Å². The zero-order chi connectivity index (χ0) is 15.3. The lowest BCUT2D eigenvalue weighted by molar-refractivity contribution is 0.141. The molecule has 0 spiro atoms. The van der Waals surface area contributed by atoms with Gasteiger partial charge in [0.25, 0.3) is 0 Å². The van der Waals surface area contributed by atoms with E-state index in [0.29, 0.717) is 12.1 Å². The molecule has 3 nitrogen and oxygen atoms in total. The minimum absolute atomic E-state index is 0.650. The number of rotatable bonds is 6. The van der Waals surface area contributed by atoms with Gasteiger partial charge in [-0.2, -0.15) is 0 Å². The second-order valence-corrected chi connectivity index (χ2v) is 6.70. The Balaban J connectivity index is 2.52. The SMILES string of the molecule is CNC1CCCCCCCCCCC1N(C)CCCOC. The molecule has 0 aromatic rings. The highest BCUT2D eigenvalue weighted by Gasteiger charge is 2.23. The lowest BCUT2D eigenvalue weighted by atomic mass is 9.93. The van der Waals surface area contributed by atoms with Crippen molar-refractivity contribution < 1.29 is 4.74 Å². The van der Waals surface area contributed by atoms with Crippen LogP contribution < -0.4 is 5.32 Å². The van der Waals surface area contributed by atoms with Crippen LogP contribution in [0.3, 0.4) is 0 Å². The third-order valence-electron chi connectivity index (χ3n) is 5.03. The molecule has 1 N–H and O–H groups in total. The summed E-state index contributed by atoms with van der Waals surface area (Å²) in [5, 5.41) is 3.60. The van der Waals surface area contributed by atoms with E-state index in [1.54, 1.807) is 7.11 Å². The van der Waals surface area contributed by atoms with E-state index in [9.17, 15) is 0 Å². The van der Waals surface area contributed by atoms with E-state index in [-0.39, 0.29) is 0 Å². The summed E-state index contributed by atoms with van der Waals surface area (Å²) in [7, 11) is 6.25. The summed E-state index contributed by atoms with van der Waals surface area (Å²) < 4.78 is 5.20. The smallest absolute Gasteiger partial charge is 0.0474 e. The van der Waals surface area contributed by atoms with Crippen LogP contribution in [0.1, 0.15) is 70.6 Å². The van der Waals surface area contributed by atoms with Crippen LogP contribution >= 0.6 is 0 Å². The fourth-order valence-electron chi connectivity index (χ4n) is 3.66. The first-order chi connectivity index (χ1) is 10.3. The molecule has 2 unspecified atom stereocenters. The third kappa shape index (κ3) is 8.18. The van der Waals surface area contributed by atoms with Gasteiger partial charge in [-0.25, -0.2) is 0 Å². The molecule has 0 heterocycles. The van der Waals surface area contributed by atoms with Crippen molar-refractivity contribution in [1.82, 2.24) is 10.2 Å². The summed E-state index contributed by atoms with van der Waals surface area (Å²) in [5.41, 5.74) is 0. The maximum atomic E-state index is 5.20. The lowest BCUT2D eigenvalue weighted by Crippen LogP contribution is -2.48. The fraction of sp³-hybridized carbons (Fsp3) is 1.00. The summed E-state index contributed by atoms with van der Waals surface area (Å²) in [6, 6.07) is 1.34. The number of ether oxygens (including phenoxy) is 1. The molecule has 1 rings (SSSR count). The van der Waals surface area contributed by atoms with Crippen LogP contribution in [-0.4, -0.2) is 51.3 Å². The summed E-state index contributed by atoms with van der Waals surface area (Å²) in [4.78, 5) is 2.58. The molecule has 0 aromatic carbocycles. The number of likely N-dealkylation sites (N-methyl/N-ethyl adjacent to an activating group) is 2. The molecule has 0 bridgehead atoms. The van der Waals surface area contributed by atoms with Crippen LogP contribution in [0.2, 0.25) is 0 Å². The molecular weight excluding hydrogens is 260 g/mol. The van der Waals surface area contributed by atoms with Gasteiger partial charge in [0.2, 0.25) is 0 Å². The normalized spacial score (nSPS) is 26.3. The predicted molar refractivity (Wildman–Crippen MR) is 91.9 cm³/mol. The van der Waals surface area contributed by atoms with Crippen LogP contribution in [0.15, 0.2) is 0 Å². The summed E-state index contributed by atoms with van der Waals surface area (Å²) >= 11 is 0. The second kappa shape index (κ2) is 12.4. The molecule has 0 aliphatic heterocycles. The zero-order valence-corrected chi connectivity index (χ0v) is 14.7. The van der Waals surface area contributed by atoms with Gasteiger partial charge in [-0.15, -0.1) is 0 Å². The summed E-state index contributed by atoms with van der Waals surface area (Å²) in [5.74, 6) is 0. The highest BCUT2D eigenvalue weighted by atomic mass is 16.5. The Hall–Kier alpha value is -0.120. The fourth-order valence-corrected chi connectivity index (χ4v) is 3.66. The van der Waals surface area contributed by atoms with Gasteiger partial charge in [0.15, 0.2) is 0 Å². The Bertz CT molecular complexity index is 235. The molecule has 3 heteroatoms. The van der Waals surface area contributed by atoms with Crippen molar-refractivity contribution in [1.29, 1.82) is 0 Å². The first-order valence-electron chi connectivity index (χ1n) is 9.16. The van der Waals surface area contributed by atoms with Crippen molar-refractivity contribution in [3.05, 3.63) is 0 Å². The molecule has 0 amide bonds. The number of hydrogen-bond donors (Lipinski definition) is 1. The van der Waals surface area contributed by atoms with Gasteiger partial charge in [0.1, 0.15) is 0 Å². The van der Waals surface area contributed by atoms with Gasteiger partial charge in [0, 0.05) is 32.3 Å². The topological polar surface area (TPSA) is 24.5 Å². The summed E-state index contributed by atoms with van der Waals surface area (Å²) in [6.07, 6.45) is 15.2. The molecule has 126 valence electrons. The van der Waals surface area contributed by atoms with Gasteiger partial charge in [-0.05, 0) is 33.4 Å². The molecule has 0 aromatic heterocycles. The number of nitrogens with zero attached hydrogens (tertiary/aromatic N) is 1. The van der Waals surface area contributed by atoms with Gasteiger partial charge >= 0.3 is 0 Å². The Labute approximate surface area is 132 Å². The van der Waals surface area contributed by atoms with Gasteiger partial charge < -0.3 is 15.0 Å². The average molecular weight is 299 g/mol. The maximum Gasteiger partial charge on any atom is 0.0474 e. The largest absolute Gasteiger partial charge is 0.385 e. The minimum atomic E-state index is 0.650. The van der Waals surface area contributed by atoms with Gasteiger partial charge in [0.05, 0.1) is 0 Å². The van der Waals surface area contributed by atoms with E-state index in [2.05, 4.69) is 24.3 Å². The predicted octanol–water partition coefficient (Wildman–Crippen LogP) is 3.83. The van der Waals surface area contributed by atoms with E-state index in [1.165, 1.54) is 64.2 Å². The quantitative estimate of drug-likeness (QED) is 0.754. The first-order valence-corrected chi connectivity index (χ1v) is 9.16. The third-order valence-corrected chi connectivity index (χ3v) is 5.03. The molecule has 0 radical (unpaired) electrons. The molecule has 0 saturated heterocycles. The standard InChI is InChI=1S/C18H38N2O/c1-19-17-13-10-8-6-4-5-7-9-11-14-18(17)20(2)15-12-16-21-3/h17-19H,4-16H2,1-3H3. The Morgan fingerprint density at radius 1 is 0.952 bits per heavy atom. The van der Waals surface area contributed by atoms with E-state index in [0.717, 1.165) is 19.6 Å². The minimum Gasteiger partial charge on any atom is -0.385 e. The molecule has 1 aliphatic rings. The summed E-state index contributed by atoms with van der Waals surface area (Å²) in [6.45, 7) is 2.03. The number of nitrogens with one attached hydrogen (secondary N) is 1. The van der Waals surface area contributed by atoms with Crippen LogP contribution in [0, 0.1) is 0 Å². The monoisotopic (exact) mass is 298 g/mol. The van der Waals surface area contributed by atoms with E-state index in [1.807, 2.05) is 0 Å². The van der Waals surface area contributed by atoms with Gasteiger partial charge in [-0.3, -0.25) is 0 Å². The van der Waals surface area contributed by atoms with Gasteiger partial charge in [-0.1, -0.05) is 51.4 Å². The lowest BCUT2D eigenvalue weighted by Gasteiger charge is -2.35. The van der Waals surface area contributed by atoms with E-state index >= 15 is 0 Å². The Morgan fingerprint density at radius 2 is 1.52 bits per heavy atom. The Kier molecular flexibility index (Phi) is 11.2. The molecule has 1 saturated carbocycles. The number of hydrogen-bond acceptors (Lipinski definition) is 3. The highest BCUT2D eigenvalue weighted by molar-refractivity contribution is 4.83. The van der Waals surface area contributed by atoms with E-state index in [4.69, 9.17) is 4.74 Å². The van der Waals surface area contributed by atoms with Crippen molar-refractivity contribution in [3.8, 4) is 0 Å². The van der Waals surface area contributed by atoms with Crippen LogP contribution in [0.25, 0.3) is 0 Å². The van der Waals surface area contributed by atoms with Crippen molar-refractivity contribution in [2.45, 2.75) is 82.7 Å². The molecule has 21 heavy (non-hydrogen) atoms. The van der Waals surface area contributed by atoms with E-state index < -0.39 is 0 Å². The molecule has 1 fully saturated rings. The van der Waals surface area contributed by atoms with Crippen molar-refractivity contribution in [2.75, 3.05) is 34.4 Å². The molecular formula is C18H38N2O. The van der Waals surface area contributed by atoms with Crippen LogP contribution in [-0.2, 0) is 4.74 Å². The van der Waals surface area contributed by atoms with Crippen molar-refractivity contribution in [3.63, 3.8) is 0 Å². The second-order valence-electron chi connectivity index (χ2n) is 6.70. The van der Waals surface area contributed by atoms with Crippen molar-refractivity contribution >= 4 is 0 Å². The van der Waals surface area contributed by atoms with Crippen LogP contribution in [0.5, 0.6) is 0 Å². The zero-order valence-electron chi connectivity index (χ0n) is 14.7. The number of methoxy groups -OCH3 is 1. The average Bonchev–Trinajstić information content (AvgIpc) is 2.48. The first kappa shape index (κ1) is 18.9. The highest BCUT2D eigenvalue weighted by Crippen LogP contribution is 2.20. The molecule has 1 aliphatic carbocycles. The maximum absolute atomic E-state index is 5.20. The molecule has 2 atom stereocenters. The Morgan fingerprint density at radius 3 is 2.10 bits per heavy atom.